The molecule has 152 valence electrons. The second-order valence-electron chi connectivity index (χ2n) is 5.75. The van der Waals surface area contributed by atoms with Crippen LogP contribution in [0.25, 0.3) is 0 Å². The third kappa shape index (κ3) is 4.72. The predicted octanol–water partition coefficient (Wildman–Crippen LogP) is 1.84. The Labute approximate surface area is 158 Å². The van der Waals surface area contributed by atoms with Gasteiger partial charge in [-0.15, -0.1) is 5.01 Å². The van der Waals surface area contributed by atoms with Gasteiger partial charge in [0.2, 0.25) is 11.0 Å². The number of hydrogen-bond acceptors (Lipinski definition) is 9. The van der Waals surface area contributed by atoms with Gasteiger partial charge in [0.15, 0.2) is 0 Å². The summed E-state index contributed by atoms with van der Waals surface area (Å²) in [5.74, 6) is -0.422. The Morgan fingerprint density at radius 3 is 2.54 bits per heavy atom. The number of non-ortho nitro benzene ring substituents is 1. The van der Waals surface area contributed by atoms with Crippen molar-refractivity contribution >= 4 is 17.5 Å². The minimum Gasteiger partial charge on any atom is -0.569 e. The maximum absolute atomic E-state index is 12.1. The number of nitro benzene ring substituents is 2. The Kier molecular flexibility index (Phi) is 6.46. The maximum atomic E-state index is 12.1. The van der Waals surface area contributed by atoms with E-state index in [1.165, 1.54) is 9.91 Å². The van der Waals surface area contributed by atoms with Crippen LogP contribution in [0.5, 0.6) is 5.75 Å². The van der Waals surface area contributed by atoms with E-state index in [4.69, 9.17) is 9.57 Å². The van der Waals surface area contributed by atoms with E-state index in [0.29, 0.717) is 6.07 Å². The van der Waals surface area contributed by atoms with Crippen molar-refractivity contribution in [1.82, 2.24) is 9.91 Å². The molecule has 28 heavy (non-hydrogen) atoms. The summed E-state index contributed by atoms with van der Waals surface area (Å²) < 4.78 is 4.93. The highest BCUT2D eigenvalue weighted by Crippen LogP contribution is 2.31. The van der Waals surface area contributed by atoms with Crippen molar-refractivity contribution in [3.63, 3.8) is 0 Å². The first kappa shape index (κ1) is 20.6. The lowest BCUT2D eigenvalue weighted by Gasteiger charge is -2.35. The van der Waals surface area contributed by atoms with E-state index in [-0.39, 0.29) is 37.3 Å². The van der Waals surface area contributed by atoms with Gasteiger partial charge < -0.3 is 14.8 Å². The van der Waals surface area contributed by atoms with E-state index >= 15 is 0 Å². The fourth-order valence-corrected chi connectivity index (χ4v) is 2.54. The van der Waals surface area contributed by atoms with Gasteiger partial charge in [0.1, 0.15) is 0 Å². The van der Waals surface area contributed by atoms with E-state index in [1.807, 2.05) is 0 Å². The smallest absolute Gasteiger partial charge is 0.410 e. The van der Waals surface area contributed by atoms with Crippen molar-refractivity contribution in [2.45, 2.75) is 19.9 Å². The van der Waals surface area contributed by atoms with Gasteiger partial charge in [0, 0.05) is 12.6 Å². The van der Waals surface area contributed by atoms with Crippen LogP contribution in [-0.4, -0.2) is 63.1 Å². The third-order valence-corrected chi connectivity index (χ3v) is 3.91. The summed E-state index contributed by atoms with van der Waals surface area (Å²) in [5, 5.41) is 38.4. The predicted molar refractivity (Wildman–Crippen MR) is 91.2 cm³/mol. The number of benzene rings is 1. The molecule has 0 saturated carbocycles. The first-order valence-corrected chi connectivity index (χ1v) is 8.20. The Morgan fingerprint density at radius 2 is 1.96 bits per heavy atom. The van der Waals surface area contributed by atoms with Crippen LogP contribution in [0.3, 0.4) is 0 Å². The van der Waals surface area contributed by atoms with Crippen LogP contribution in [-0.2, 0) is 4.74 Å². The van der Waals surface area contributed by atoms with Crippen molar-refractivity contribution in [1.29, 1.82) is 0 Å². The van der Waals surface area contributed by atoms with E-state index < -0.39 is 33.1 Å². The van der Waals surface area contributed by atoms with Crippen LogP contribution in [0.1, 0.15) is 13.8 Å². The lowest BCUT2D eigenvalue weighted by atomic mass is 10.2. The lowest BCUT2D eigenvalue weighted by Crippen LogP contribution is -2.55. The number of piperazine rings is 1. The number of ether oxygens (including phenoxy) is 1. The average molecular weight is 398 g/mol. The standard InChI is InChI=1S/C14H18N6O8/c1-3-27-14(21)17-7-6-16(9-10(17)2)20(26)15-28-13-5-4-11(18(22)23)8-12(13)19(24)25/h4-5,8,10H,3,6-7,9H2,1-2H3/b20-15-. The number of rotatable bonds is 6. The second kappa shape index (κ2) is 8.79. The molecule has 0 N–H and O–H groups in total. The molecular weight excluding hydrogens is 380 g/mol. The van der Waals surface area contributed by atoms with Crippen LogP contribution < -0.4 is 4.84 Å². The molecule has 1 aliphatic rings. The van der Waals surface area contributed by atoms with E-state index in [1.54, 1.807) is 13.8 Å². The summed E-state index contributed by atoms with van der Waals surface area (Å²) in [6.45, 7) is 4.13. The molecule has 0 aromatic heterocycles. The average Bonchev–Trinajstić information content (AvgIpc) is 2.65. The van der Waals surface area contributed by atoms with Gasteiger partial charge in [-0.1, -0.05) is 0 Å². The normalized spacial score (nSPS) is 17.2. The number of carbonyl (C=O) groups is 1. The summed E-state index contributed by atoms with van der Waals surface area (Å²) in [6, 6.07) is 2.34. The number of carbonyl (C=O) groups excluding carboxylic acids is 1. The highest BCUT2D eigenvalue weighted by atomic mass is 16.7. The van der Waals surface area contributed by atoms with Gasteiger partial charge in [-0.2, -0.15) is 0 Å². The van der Waals surface area contributed by atoms with E-state index in [0.717, 1.165) is 12.1 Å². The maximum Gasteiger partial charge on any atom is 0.410 e. The van der Waals surface area contributed by atoms with Crippen molar-refractivity contribution in [2.75, 3.05) is 26.2 Å². The van der Waals surface area contributed by atoms with Gasteiger partial charge >= 0.3 is 11.8 Å². The minimum absolute atomic E-state index is 0.115. The van der Waals surface area contributed by atoms with Crippen LogP contribution in [0.15, 0.2) is 23.5 Å². The van der Waals surface area contributed by atoms with E-state index in [2.05, 4.69) is 5.28 Å². The Bertz CT molecular complexity index is 800. The zero-order valence-electron chi connectivity index (χ0n) is 15.1. The van der Waals surface area contributed by atoms with Crippen LogP contribution in [0.2, 0.25) is 0 Å². The molecule has 1 aliphatic heterocycles. The first-order valence-electron chi connectivity index (χ1n) is 8.20. The van der Waals surface area contributed by atoms with Crippen LogP contribution >= 0.6 is 0 Å². The lowest BCUT2D eigenvalue weighted by molar-refractivity contribution is -0.709. The Morgan fingerprint density at radius 1 is 1.25 bits per heavy atom. The van der Waals surface area contributed by atoms with E-state index in [9.17, 15) is 30.2 Å². The minimum atomic E-state index is -0.882. The first-order chi connectivity index (χ1) is 13.2. The van der Waals surface area contributed by atoms with Gasteiger partial charge in [0.25, 0.3) is 5.69 Å². The van der Waals surface area contributed by atoms with Gasteiger partial charge in [-0.25, -0.2) is 4.79 Å². The van der Waals surface area contributed by atoms with Gasteiger partial charge in [0.05, 0.1) is 46.6 Å². The highest BCUT2D eigenvalue weighted by Gasteiger charge is 2.32. The molecule has 0 spiro atoms. The molecule has 0 aliphatic carbocycles. The molecule has 1 aromatic rings. The van der Waals surface area contributed by atoms with Gasteiger partial charge in [-0.05, 0) is 19.9 Å². The number of amides is 1. The molecule has 1 fully saturated rings. The molecule has 14 heteroatoms. The summed E-state index contributed by atoms with van der Waals surface area (Å²) in [5.41, 5.74) is -1.20. The zero-order valence-corrected chi connectivity index (χ0v) is 15.1. The van der Waals surface area contributed by atoms with Crippen molar-refractivity contribution in [2.24, 2.45) is 5.28 Å². The summed E-state index contributed by atoms with van der Waals surface area (Å²) in [6.07, 6.45) is -0.484. The van der Waals surface area contributed by atoms with Gasteiger partial charge in [-0.3, -0.25) is 25.1 Å². The Hall–Kier alpha value is -3.71. The van der Waals surface area contributed by atoms with Crippen molar-refractivity contribution in [3.05, 3.63) is 43.6 Å². The zero-order chi connectivity index (χ0) is 20.8. The quantitative estimate of drug-likeness (QED) is 0.300. The molecule has 1 aromatic carbocycles. The SMILES string of the molecule is CCOC(=O)N1CCN(/[N+]([O-])=N/Oc2ccc([N+](=O)[O-])cc2[N+](=O)[O-])CC1C. The molecule has 1 amide bonds. The molecule has 2 rings (SSSR count). The van der Waals surface area contributed by atoms with Crippen molar-refractivity contribution < 1.29 is 29.2 Å². The Balaban J connectivity index is 2.08. The fourth-order valence-electron chi connectivity index (χ4n) is 2.54. The topological polar surface area (TPSA) is 167 Å². The molecule has 0 radical (unpaired) electrons. The van der Waals surface area contributed by atoms with Crippen molar-refractivity contribution in [3.8, 4) is 5.75 Å². The largest absolute Gasteiger partial charge is 0.569 e. The molecule has 1 atom stereocenters. The fraction of sp³-hybridized carbons (Fsp3) is 0.500. The van der Waals surface area contributed by atoms with Crippen LogP contribution in [0.4, 0.5) is 16.2 Å². The summed E-state index contributed by atoms with van der Waals surface area (Å²) in [4.78, 5) is 38.3. The molecule has 0 bridgehead atoms. The molecule has 1 heterocycles. The number of hydrogen-bond donors (Lipinski definition) is 0. The molecule has 1 saturated heterocycles. The monoisotopic (exact) mass is 398 g/mol. The number of hydrazine groups is 1. The molecular formula is C14H18N6O8. The summed E-state index contributed by atoms with van der Waals surface area (Å²) >= 11 is 0. The molecule has 1 unspecified atom stereocenters. The molecule has 14 nitrogen and oxygen atoms in total. The third-order valence-electron chi connectivity index (χ3n) is 3.91. The number of nitro groups is 2. The second-order valence-corrected chi connectivity index (χ2v) is 5.75. The van der Waals surface area contributed by atoms with Crippen LogP contribution in [0, 0.1) is 25.4 Å². The number of nitrogens with zero attached hydrogens (tertiary/aromatic N) is 6. The summed E-state index contributed by atoms with van der Waals surface area (Å²) in [7, 11) is 0. The highest BCUT2D eigenvalue weighted by molar-refractivity contribution is 5.68.